The lowest BCUT2D eigenvalue weighted by Crippen LogP contribution is -2.43. The monoisotopic (exact) mass is 303 g/mol. The molecule has 0 unspecified atom stereocenters. The molecule has 1 aliphatic rings. The standard InChI is InChI=1S/C17H21NO4/c1-16(2,12-9-7-6-8-10-12)18(5)11-13-14(19)21-17(3,4)22-15(13)20/h6-11H,1-5H3. The molecule has 1 heterocycles. The van der Waals surface area contributed by atoms with E-state index < -0.39 is 23.3 Å². The zero-order valence-corrected chi connectivity index (χ0v) is 13.5. The number of ether oxygens (including phenoxy) is 2. The molecule has 0 spiro atoms. The van der Waals surface area contributed by atoms with Crippen LogP contribution in [0.15, 0.2) is 42.1 Å². The van der Waals surface area contributed by atoms with E-state index in [9.17, 15) is 9.59 Å². The Hall–Kier alpha value is -2.30. The van der Waals surface area contributed by atoms with Gasteiger partial charge in [0.15, 0.2) is 5.57 Å². The Morgan fingerprint density at radius 3 is 2.05 bits per heavy atom. The average Bonchev–Trinajstić information content (AvgIpc) is 2.42. The molecule has 5 nitrogen and oxygen atoms in total. The van der Waals surface area contributed by atoms with Crippen LogP contribution < -0.4 is 0 Å². The summed E-state index contributed by atoms with van der Waals surface area (Å²) in [6.45, 7) is 7.06. The highest BCUT2D eigenvalue weighted by Crippen LogP contribution is 2.29. The first-order valence-electron chi connectivity index (χ1n) is 7.10. The van der Waals surface area contributed by atoms with Crippen LogP contribution in [0.2, 0.25) is 0 Å². The van der Waals surface area contributed by atoms with Crippen molar-refractivity contribution in [1.82, 2.24) is 4.90 Å². The molecule has 1 aliphatic heterocycles. The van der Waals surface area contributed by atoms with Gasteiger partial charge in [-0.05, 0) is 19.4 Å². The topological polar surface area (TPSA) is 55.8 Å². The van der Waals surface area contributed by atoms with Gasteiger partial charge < -0.3 is 14.4 Å². The van der Waals surface area contributed by atoms with E-state index in [2.05, 4.69) is 0 Å². The van der Waals surface area contributed by atoms with E-state index >= 15 is 0 Å². The molecule has 5 heteroatoms. The quantitative estimate of drug-likeness (QED) is 0.488. The molecule has 0 aliphatic carbocycles. The van der Waals surface area contributed by atoms with Crippen LogP contribution in [0.25, 0.3) is 0 Å². The fourth-order valence-corrected chi connectivity index (χ4v) is 2.17. The second-order valence-corrected chi connectivity index (χ2v) is 6.26. The zero-order valence-electron chi connectivity index (χ0n) is 13.5. The highest BCUT2D eigenvalue weighted by Gasteiger charge is 2.40. The molecule has 0 atom stereocenters. The maximum atomic E-state index is 12.0. The molecule has 0 aromatic heterocycles. The molecule has 1 aromatic rings. The van der Waals surface area contributed by atoms with Gasteiger partial charge in [0.25, 0.3) is 5.79 Å². The molecule has 1 saturated heterocycles. The van der Waals surface area contributed by atoms with Crippen LogP contribution in [-0.4, -0.2) is 29.7 Å². The average molecular weight is 303 g/mol. The summed E-state index contributed by atoms with van der Waals surface area (Å²) < 4.78 is 10.2. The number of carbonyl (C=O) groups excluding carboxylic acids is 2. The van der Waals surface area contributed by atoms with Crippen molar-refractivity contribution in [2.24, 2.45) is 0 Å². The second-order valence-electron chi connectivity index (χ2n) is 6.26. The summed E-state index contributed by atoms with van der Waals surface area (Å²) in [7, 11) is 1.81. The van der Waals surface area contributed by atoms with Gasteiger partial charge in [-0.1, -0.05) is 30.3 Å². The Bertz CT molecular complexity index is 595. The van der Waals surface area contributed by atoms with Crippen molar-refractivity contribution in [3.63, 3.8) is 0 Å². The van der Waals surface area contributed by atoms with E-state index in [-0.39, 0.29) is 5.57 Å². The Labute approximate surface area is 130 Å². The number of hydrogen-bond donors (Lipinski definition) is 0. The normalized spacial score (nSPS) is 17.6. The number of carbonyl (C=O) groups is 2. The molecule has 0 amide bonds. The molecular formula is C17H21NO4. The van der Waals surface area contributed by atoms with Crippen molar-refractivity contribution in [2.75, 3.05) is 7.05 Å². The van der Waals surface area contributed by atoms with Crippen molar-refractivity contribution < 1.29 is 19.1 Å². The van der Waals surface area contributed by atoms with E-state index in [0.717, 1.165) is 5.56 Å². The zero-order chi connectivity index (χ0) is 16.5. The molecule has 0 N–H and O–H groups in total. The number of rotatable bonds is 3. The van der Waals surface area contributed by atoms with Crippen LogP contribution in [0.1, 0.15) is 33.3 Å². The molecule has 0 saturated carbocycles. The number of nitrogens with zero attached hydrogens (tertiary/aromatic N) is 1. The Morgan fingerprint density at radius 2 is 1.55 bits per heavy atom. The van der Waals surface area contributed by atoms with Gasteiger partial charge in [0.1, 0.15) is 0 Å². The first-order chi connectivity index (χ1) is 10.1. The van der Waals surface area contributed by atoms with Gasteiger partial charge >= 0.3 is 11.9 Å². The van der Waals surface area contributed by atoms with Gasteiger partial charge in [-0.25, -0.2) is 9.59 Å². The van der Waals surface area contributed by atoms with Crippen LogP contribution in [0, 0.1) is 0 Å². The van der Waals surface area contributed by atoms with E-state index in [4.69, 9.17) is 9.47 Å². The highest BCUT2D eigenvalue weighted by atomic mass is 16.7. The lowest BCUT2D eigenvalue weighted by molar-refractivity contribution is -0.222. The predicted molar refractivity (Wildman–Crippen MR) is 81.6 cm³/mol. The molecule has 2 rings (SSSR count). The lowest BCUT2D eigenvalue weighted by atomic mass is 9.93. The van der Waals surface area contributed by atoms with E-state index in [1.807, 2.05) is 44.2 Å². The first kappa shape index (κ1) is 16.1. The SMILES string of the molecule is CN(C=C1C(=O)OC(C)(C)OC1=O)C(C)(C)c1ccccc1. The van der Waals surface area contributed by atoms with Crippen molar-refractivity contribution in [3.05, 3.63) is 47.7 Å². The summed E-state index contributed by atoms with van der Waals surface area (Å²) in [6, 6.07) is 9.83. The van der Waals surface area contributed by atoms with Crippen molar-refractivity contribution in [3.8, 4) is 0 Å². The summed E-state index contributed by atoms with van der Waals surface area (Å²) in [6.07, 6.45) is 1.48. The van der Waals surface area contributed by atoms with E-state index in [1.54, 1.807) is 11.9 Å². The molecular weight excluding hydrogens is 282 g/mol. The highest BCUT2D eigenvalue weighted by molar-refractivity contribution is 6.15. The van der Waals surface area contributed by atoms with E-state index in [1.165, 1.54) is 20.0 Å². The van der Waals surface area contributed by atoms with Crippen molar-refractivity contribution in [2.45, 2.75) is 39.0 Å². The number of hydrogen-bond acceptors (Lipinski definition) is 5. The third kappa shape index (κ3) is 3.13. The fraction of sp³-hybridized carbons (Fsp3) is 0.412. The summed E-state index contributed by atoms with van der Waals surface area (Å²) in [5.74, 6) is -2.56. The summed E-state index contributed by atoms with van der Waals surface area (Å²) in [4.78, 5) is 25.8. The van der Waals surface area contributed by atoms with Crippen LogP contribution in [0.5, 0.6) is 0 Å². The van der Waals surface area contributed by atoms with Gasteiger partial charge in [-0.2, -0.15) is 0 Å². The van der Waals surface area contributed by atoms with Crippen LogP contribution in [0.4, 0.5) is 0 Å². The minimum absolute atomic E-state index is 0.106. The Morgan fingerprint density at radius 1 is 1.05 bits per heavy atom. The van der Waals surface area contributed by atoms with Crippen molar-refractivity contribution >= 4 is 11.9 Å². The molecule has 1 aromatic carbocycles. The fourth-order valence-electron chi connectivity index (χ4n) is 2.17. The molecule has 118 valence electrons. The first-order valence-corrected chi connectivity index (χ1v) is 7.10. The predicted octanol–water partition coefficient (Wildman–Crippen LogP) is 2.57. The Balaban J connectivity index is 2.29. The van der Waals surface area contributed by atoms with Gasteiger partial charge in [0, 0.05) is 27.1 Å². The van der Waals surface area contributed by atoms with Crippen LogP contribution in [0.3, 0.4) is 0 Å². The number of cyclic esters (lactones) is 2. The third-order valence-corrected chi connectivity index (χ3v) is 3.80. The number of esters is 2. The number of benzene rings is 1. The van der Waals surface area contributed by atoms with E-state index in [0.29, 0.717) is 0 Å². The maximum absolute atomic E-state index is 12.0. The minimum Gasteiger partial charge on any atom is -0.419 e. The lowest BCUT2D eigenvalue weighted by Gasteiger charge is -2.37. The van der Waals surface area contributed by atoms with Crippen LogP contribution >= 0.6 is 0 Å². The molecule has 22 heavy (non-hydrogen) atoms. The Kier molecular flexibility index (Phi) is 4.00. The maximum Gasteiger partial charge on any atom is 0.350 e. The second kappa shape index (κ2) is 5.48. The minimum atomic E-state index is -1.22. The molecule has 0 radical (unpaired) electrons. The third-order valence-electron chi connectivity index (χ3n) is 3.80. The summed E-state index contributed by atoms with van der Waals surface area (Å²) in [5, 5.41) is 0. The van der Waals surface area contributed by atoms with Gasteiger partial charge in [-0.3, -0.25) is 0 Å². The summed E-state index contributed by atoms with van der Waals surface area (Å²) in [5.41, 5.74) is 0.556. The van der Waals surface area contributed by atoms with Gasteiger partial charge in [-0.15, -0.1) is 0 Å². The van der Waals surface area contributed by atoms with Gasteiger partial charge in [0.05, 0.1) is 5.54 Å². The largest absolute Gasteiger partial charge is 0.419 e. The van der Waals surface area contributed by atoms with Crippen LogP contribution in [-0.2, 0) is 24.6 Å². The molecule has 1 fully saturated rings. The van der Waals surface area contributed by atoms with Crippen molar-refractivity contribution in [1.29, 1.82) is 0 Å². The van der Waals surface area contributed by atoms with Gasteiger partial charge in [0.2, 0.25) is 0 Å². The molecule has 0 bridgehead atoms. The smallest absolute Gasteiger partial charge is 0.350 e. The summed E-state index contributed by atoms with van der Waals surface area (Å²) >= 11 is 0.